The van der Waals surface area contributed by atoms with Crippen LogP contribution in [0, 0.1) is 17.8 Å². The summed E-state index contributed by atoms with van der Waals surface area (Å²) >= 11 is 0. The van der Waals surface area contributed by atoms with Gasteiger partial charge in [0.2, 0.25) is 0 Å². The summed E-state index contributed by atoms with van der Waals surface area (Å²) in [4.78, 5) is 14.1. The monoisotopic (exact) mass is 269 g/mol. The van der Waals surface area contributed by atoms with Crippen LogP contribution in [0.5, 0.6) is 0 Å². The number of nitrogens with zero attached hydrogens (tertiary/aromatic N) is 1. The van der Waals surface area contributed by atoms with Gasteiger partial charge in [0.1, 0.15) is 0 Å². The Kier molecular flexibility index (Phi) is 2.87. The van der Waals surface area contributed by atoms with E-state index in [4.69, 9.17) is 0 Å². The van der Waals surface area contributed by atoms with E-state index in [0.717, 1.165) is 36.3 Å². The van der Waals surface area contributed by atoms with Gasteiger partial charge >= 0.3 is 0 Å². The molecule has 1 aromatic rings. The van der Waals surface area contributed by atoms with E-state index in [2.05, 4.69) is 17.0 Å². The number of rotatable bonds is 3. The van der Waals surface area contributed by atoms with Crippen molar-refractivity contribution in [1.82, 2.24) is 0 Å². The number of carbonyl (C=O) groups excluding carboxylic acids is 1. The number of hydrogen-bond donors (Lipinski definition) is 0. The quantitative estimate of drug-likeness (QED) is 0.780. The third-order valence-electron chi connectivity index (χ3n) is 5.82. The normalized spacial score (nSPS) is 30.9. The highest BCUT2D eigenvalue weighted by Gasteiger charge is 2.40. The zero-order chi connectivity index (χ0) is 13.7. The van der Waals surface area contributed by atoms with Gasteiger partial charge in [0.05, 0.1) is 0 Å². The maximum absolute atomic E-state index is 11.5. The van der Waals surface area contributed by atoms with Gasteiger partial charge in [-0.3, -0.25) is 4.79 Å². The van der Waals surface area contributed by atoms with E-state index in [1.165, 1.54) is 43.5 Å². The zero-order valence-corrected chi connectivity index (χ0v) is 12.3. The predicted molar refractivity (Wildman–Crippen MR) is 81.3 cm³/mol. The molecule has 4 rings (SSSR count). The lowest BCUT2D eigenvalue weighted by molar-refractivity contribution is 0.101. The minimum atomic E-state index is 0.180. The van der Waals surface area contributed by atoms with Crippen molar-refractivity contribution in [2.75, 3.05) is 18.0 Å². The molecule has 1 aromatic carbocycles. The molecule has 2 bridgehead atoms. The number of ketones is 1. The molecule has 0 spiro atoms. The van der Waals surface area contributed by atoms with Crippen molar-refractivity contribution in [3.63, 3.8) is 0 Å². The summed E-state index contributed by atoms with van der Waals surface area (Å²) < 4.78 is 0. The summed E-state index contributed by atoms with van der Waals surface area (Å²) in [5, 5.41) is 0. The molecule has 3 unspecified atom stereocenters. The number of benzene rings is 1. The number of carbonyl (C=O) groups is 1. The molecule has 2 heteroatoms. The second kappa shape index (κ2) is 4.61. The molecule has 1 heterocycles. The standard InChI is InChI=1S/C18H23NO/c1-12(20)14-4-5-18-16(10-14)6-7-19(18)11-17-9-13-2-3-15(17)8-13/h4-5,10,13,15,17H,2-3,6-9,11H2,1H3. The summed E-state index contributed by atoms with van der Waals surface area (Å²) in [6.45, 7) is 4.04. The van der Waals surface area contributed by atoms with Crippen molar-refractivity contribution in [1.29, 1.82) is 0 Å². The molecule has 3 atom stereocenters. The van der Waals surface area contributed by atoms with E-state index >= 15 is 0 Å². The number of anilines is 1. The van der Waals surface area contributed by atoms with Crippen LogP contribution in [0.1, 0.15) is 48.5 Å². The first-order valence-corrected chi connectivity index (χ1v) is 8.09. The Balaban J connectivity index is 1.51. The molecule has 2 nitrogen and oxygen atoms in total. The summed E-state index contributed by atoms with van der Waals surface area (Å²) in [5.41, 5.74) is 3.63. The number of Topliss-reactive ketones (excluding diaryl/α,β-unsaturated/α-hetero) is 1. The van der Waals surface area contributed by atoms with Gasteiger partial charge in [0.25, 0.3) is 0 Å². The molecule has 0 saturated heterocycles. The minimum Gasteiger partial charge on any atom is -0.371 e. The van der Waals surface area contributed by atoms with Gasteiger partial charge in [0, 0.05) is 24.3 Å². The molecule has 0 amide bonds. The highest BCUT2D eigenvalue weighted by molar-refractivity contribution is 5.94. The highest BCUT2D eigenvalue weighted by atomic mass is 16.1. The Labute approximate surface area is 121 Å². The second-order valence-electron chi connectivity index (χ2n) is 7.03. The Bertz CT molecular complexity index is 550. The van der Waals surface area contributed by atoms with Crippen molar-refractivity contribution in [2.24, 2.45) is 17.8 Å². The Morgan fingerprint density at radius 1 is 1.30 bits per heavy atom. The number of fused-ring (bicyclic) bond motifs is 3. The van der Waals surface area contributed by atoms with E-state index < -0.39 is 0 Å². The van der Waals surface area contributed by atoms with E-state index in [1.54, 1.807) is 6.92 Å². The fraction of sp³-hybridized carbons (Fsp3) is 0.611. The van der Waals surface area contributed by atoms with Crippen LogP contribution < -0.4 is 4.90 Å². The van der Waals surface area contributed by atoms with Gasteiger partial charge in [-0.25, -0.2) is 0 Å². The lowest BCUT2D eigenvalue weighted by Gasteiger charge is -2.28. The lowest BCUT2D eigenvalue weighted by Crippen LogP contribution is -2.30. The number of hydrogen-bond acceptors (Lipinski definition) is 2. The summed E-state index contributed by atoms with van der Waals surface area (Å²) in [7, 11) is 0. The van der Waals surface area contributed by atoms with Crippen LogP contribution in [-0.4, -0.2) is 18.9 Å². The molecule has 2 fully saturated rings. The van der Waals surface area contributed by atoms with Gasteiger partial charge < -0.3 is 4.90 Å². The van der Waals surface area contributed by atoms with Crippen LogP contribution in [0.2, 0.25) is 0 Å². The van der Waals surface area contributed by atoms with Crippen molar-refractivity contribution in [3.05, 3.63) is 29.3 Å². The average molecular weight is 269 g/mol. The van der Waals surface area contributed by atoms with E-state index in [1.807, 2.05) is 6.07 Å². The molecule has 1 aliphatic heterocycles. The predicted octanol–water partition coefficient (Wildman–Crippen LogP) is 3.69. The third kappa shape index (κ3) is 1.97. The molecule has 0 aromatic heterocycles. The Hall–Kier alpha value is -1.31. The van der Waals surface area contributed by atoms with Crippen LogP contribution in [0.3, 0.4) is 0 Å². The molecule has 3 aliphatic rings. The van der Waals surface area contributed by atoms with E-state index in [-0.39, 0.29) is 5.78 Å². The average Bonchev–Trinajstić information content (AvgIpc) is 3.14. The van der Waals surface area contributed by atoms with Crippen molar-refractivity contribution < 1.29 is 4.79 Å². The van der Waals surface area contributed by atoms with Gasteiger partial charge in [-0.05, 0) is 74.1 Å². The topological polar surface area (TPSA) is 20.3 Å². The maximum atomic E-state index is 11.5. The van der Waals surface area contributed by atoms with Crippen molar-refractivity contribution in [2.45, 2.75) is 39.0 Å². The summed E-state index contributed by atoms with van der Waals surface area (Å²) in [6, 6.07) is 6.28. The fourth-order valence-electron chi connectivity index (χ4n) is 4.76. The Morgan fingerprint density at radius 2 is 2.20 bits per heavy atom. The first-order chi connectivity index (χ1) is 9.70. The summed E-state index contributed by atoms with van der Waals surface area (Å²) in [5.74, 6) is 3.14. The molecule has 0 radical (unpaired) electrons. The minimum absolute atomic E-state index is 0.180. The van der Waals surface area contributed by atoms with E-state index in [9.17, 15) is 4.79 Å². The summed E-state index contributed by atoms with van der Waals surface area (Å²) in [6.07, 6.45) is 7.02. The van der Waals surface area contributed by atoms with Gasteiger partial charge in [0.15, 0.2) is 5.78 Å². The first kappa shape index (κ1) is 12.4. The van der Waals surface area contributed by atoms with Crippen LogP contribution in [0.15, 0.2) is 18.2 Å². The lowest BCUT2D eigenvalue weighted by atomic mass is 9.88. The van der Waals surface area contributed by atoms with Crippen LogP contribution in [0.25, 0.3) is 0 Å². The SMILES string of the molecule is CC(=O)c1ccc2c(c1)CCN2CC1CC2CCC1C2. The van der Waals surface area contributed by atoms with Gasteiger partial charge in [-0.1, -0.05) is 6.42 Å². The van der Waals surface area contributed by atoms with E-state index in [0.29, 0.717) is 0 Å². The molecule has 0 N–H and O–H groups in total. The molecular weight excluding hydrogens is 246 g/mol. The van der Waals surface area contributed by atoms with Crippen molar-refractivity contribution >= 4 is 11.5 Å². The van der Waals surface area contributed by atoms with Crippen LogP contribution in [0.4, 0.5) is 5.69 Å². The zero-order valence-electron chi connectivity index (χ0n) is 12.3. The second-order valence-corrected chi connectivity index (χ2v) is 7.03. The van der Waals surface area contributed by atoms with Crippen LogP contribution >= 0.6 is 0 Å². The van der Waals surface area contributed by atoms with Crippen molar-refractivity contribution in [3.8, 4) is 0 Å². The van der Waals surface area contributed by atoms with Gasteiger partial charge in [-0.15, -0.1) is 0 Å². The molecule has 20 heavy (non-hydrogen) atoms. The smallest absolute Gasteiger partial charge is 0.159 e. The molecule has 2 aliphatic carbocycles. The molecular formula is C18H23NO. The first-order valence-electron chi connectivity index (χ1n) is 8.09. The fourth-order valence-corrected chi connectivity index (χ4v) is 4.76. The third-order valence-corrected chi connectivity index (χ3v) is 5.82. The maximum Gasteiger partial charge on any atom is 0.159 e. The molecule has 2 saturated carbocycles. The van der Waals surface area contributed by atoms with Crippen LogP contribution in [-0.2, 0) is 6.42 Å². The largest absolute Gasteiger partial charge is 0.371 e. The Morgan fingerprint density at radius 3 is 2.90 bits per heavy atom. The highest BCUT2D eigenvalue weighted by Crippen LogP contribution is 2.49. The van der Waals surface area contributed by atoms with Gasteiger partial charge in [-0.2, -0.15) is 0 Å². The molecule has 106 valence electrons.